The molecule has 2 aromatic rings. The zero-order valence-corrected chi connectivity index (χ0v) is 18.5. The Balaban J connectivity index is 2.05. The Hall–Kier alpha value is -3.07. The Bertz CT molecular complexity index is 938. The first-order valence-electron chi connectivity index (χ1n) is 9.39. The molecule has 2 rings (SSSR count). The van der Waals surface area contributed by atoms with Crippen molar-refractivity contribution in [1.82, 2.24) is 5.32 Å². The molecule has 162 valence electrons. The van der Waals surface area contributed by atoms with Crippen LogP contribution in [0.15, 0.2) is 18.2 Å². The number of urea groups is 1. The number of anilines is 1. The van der Waals surface area contributed by atoms with E-state index in [4.69, 9.17) is 14.2 Å². The monoisotopic (exact) mass is 434 g/mol. The van der Waals surface area contributed by atoms with Crippen molar-refractivity contribution in [2.24, 2.45) is 0 Å². The van der Waals surface area contributed by atoms with Gasteiger partial charge in [-0.05, 0) is 50.5 Å². The van der Waals surface area contributed by atoms with Crippen LogP contribution in [0.5, 0.6) is 11.5 Å². The van der Waals surface area contributed by atoms with Crippen molar-refractivity contribution in [3.8, 4) is 11.5 Å². The predicted octanol–water partition coefficient (Wildman–Crippen LogP) is 3.82. The maximum Gasteiger partial charge on any atom is 0.341 e. The predicted molar refractivity (Wildman–Crippen MR) is 115 cm³/mol. The zero-order chi connectivity index (χ0) is 22.3. The fraction of sp³-hybridized carbons (Fsp3) is 0.381. The quantitative estimate of drug-likeness (QED) is 0.459. The van der Waals surface area contributed by atoms with Crippen LogP contribution in [0, 0.1) is 6.92 Å². The molecule has 0 aliphatic carbocycles. The van der Waals surface area contributed by atoms with Crippen LogP contribution in [0.25, 0.3) is 0 Å². The lowest BCUT2D eigenvalue weighted by Crippen LogP contribution is -2.30. The summed E-state index contributed by atoms with van der Waals surface area (Å²) >= 11 is 1.06. The van der Waals surface area contributed by atoms with Crippen molar-refractivity contribution in [1.29, 1.82) is 0 Å². The van der Waals surface area contributed by atoms with Crippen molar-refractivity contribution < 1.29 is 28.6 Å². The van der Waals surface area contributed by atoms with E-state index in [-0.39, 0.29) is 18.0 Å². The van der Waals surface area contributed by atoms with Gasteiger partial charge >= 0.3 is 12.0 Å². The van der Waals surface area contributed by atoms with E-state index < -0.39 is 12.0 Å². The second-order valence-corrected chi connectivity index (χ2v) is 7.38. The highest BCUT2D eigenvalue weighted by Crippen LogP contribution is 2.34. The molecule has 9 heteroatoms. The summed E-state index contributed by atoms with van der Waals surface area (Å²) in [4.78, 5) is 36.9. The Kier molecular flexibility index (Phi) is 8.23. The lowest BCUT2D eigenvalue weighted by Gasteiger charge is -2.11. The maximum absolute atomic E-state index is 12.4. The highest BCUT2D eigenvalue weighted by molar-refractivity contribution is 7.18. The summed E-state index contributed by atoms with van der Waals surface area (Å²) in [6, 6.07) is 5.07. The summed E-state index contributed by atoms with van der Waals surface area (Å²) in [5, 5.41) is 5.70. The van der Waals surface area contributed by atoms with Gasteiger partial charge in [0.15, 0.2) is 17.3 Å². The number of methoxy groups -OCH3 is 2. The second-order valence-electron chi connectivity index (χ2n) is 6.36. The number of thiophene rings is 1. The Morgan fingerprint density at radius 3 is 2.40 bits per heavy atom. The molecule has 1 heterocycles. The van der Waals surface area contributed by atoms with E-state index in [1.807, 2.05) is 12.1 Å². The van der Waals surface area contributed by atoms with Crippen molar-refractivity contribution >= 4 is 34.1 Å². The van der Waals surface area contributed by atoms with Crippen molar-refractivity contribution in [2.75, 3.05) is 32.7 Å². The second kappa shape index (κ2) is 10.6. The summed E-state index contributed by atoms with van der Waals surface area (Å²) < 4.78 is 15.6. The van der Waals surface area contributed by atoms with Crippen LogP contribution in [0.4, 0.5) is 9.80 Å². The van der Waals surface area contributed by atoms with Gasteiger partial charge in [-0.15, -0.1) is 11.3 Å². The van der Waals surface area contributed by atoms with Gasteiger partial charge in [-0.3, -0.25) is 10.1 Å². The van der Waals surface area contributed by atoms with Crippen LogP contribution >= 0.6 is 11.3 Å². The molecule has 2 N–H and O–H groups in total. The molecule has 8 nitrogen and oxygen atoms in total. The van der Waals surface area contributed by atoms with E-state index in [0.29, 0.717) is 39.9 Å². The highest BCUT2D eigenvalue weighted by atomic mass is 32.1. The number of hydrogen-bond acceptors (Lipinski definition) is 7. The number of nitrogens with one attached hydrogen (secondary N) is 2. The largest absolute Gasteiger partial charge is 0.493 e. The molecule has 0 bridgehead atoms. The van der Waals surface area contributed by atoms with Gasteiger partial charge in [-0.2, -0.15) is 0 Å². The molecule has 0 spiro atoms. The van der Waals surface area contributed by atoms with Crippen molar-refractivity contribution in [3.05, 3.63) is 39.8 Å². The summed E-state index contributed by atoms with van der Waals surface area (Å²) in [6.45, 7) is 5.33. The van der Waals surface area contributed by atoms with E-state index in [0.717, 1.165) is 16.9 Å². The van der Waals surface area contributed by atoms with Gasteiger partial charge in [0.1, 0.15) is 5.00 Å². The molecule has 1 aromatic heterocycles. The van der Waals surface area contributed by atoms with Crippen LogP contribution in [-0.4, -0.2) is 45.2 Å². The van der Waals surface area contributed by atoms with Gasteiger partial charge in [-0.25, -0.2) is 9.59 Å². The van der Waals surface area contributed by atoms with Crippen LogP contribution < -0.4 is 20.1 Å². The van der Waals surface area contributed by atoms with E-state index >= 15 is 0 Å². The van der Waals surface area contributed by atoms with Crippen LogP contribution in [-0.2, 0) is 11.2 Å². The number of esters is 1. The van der Waals surface area contributed by atoms with E-state index in [2.05, 4.69) is 10.6 Å². The van der Waals surface area contributed by atoms with E-state index in [1.54, 1.807) is 34.1 Å². The summed E-state index contributed by atoms with van der Waals surface area (Å²) in [5.41, 5.74) is 1.68. The molecule has 0 atom stereocenters. The number of carbonyl (C=O) groups excluding carboxylic acids is 3. The number of ketones is 1. The first-order chi connectivity index (χ1) is 14.3. The third-order valence-corrected chi connectivity index (χ3v) is 5.63. The first-order valence-corrected chi connectivity index (χ1v) is 10.2. The third kappa shape index (κ3) is 5.50. The molecule has 1 aromatic carbocycles. The minimum atomic E-state index is -0.570. The van der Waals surface area contributed by atoms with Gasteiger partial charge in [-0.1, -0.05) is 6.07 Å². The molecule has 2 amide bonds. The molecule has 0 aliphatic rings. The fourth-order valence-corrected chi connectivity index (χ4v) is 3.98. The maximum atomic E-state index is 12.4. The number of hydrogen-bond donors (Lipinski definition) is 2. The molecule has 30 heavy (non-hydrogen) atoms. The molecule has 0 saturated heterocycles. The van der Waals surface area contributed by atoms with Gasteiger partial charge in [0.05, 0.1) is 31.3 Å². The Morgan fingerprint density at radius 1 is 1.10 bits per heavy atom. The smallest absolute Gasteiger partial charge is 0.341 e. The average molecular weight is 435 g/mol. The Morgan fingerprint density at radius 2 is 1.80 bits per heavy atom. The minimum absolute atomic E-state index is 0.176. The molecular formula is C21H26N2O6S. The van der Waals surface area contributed by atoms with Crippen LogP contribution in [0.1, 0.15) is 45.0 Å². The average Bonchev–Trinajstić information content (AvgIpc) is 3.04. The topological polar surface area (TPSA) is 103 Å². The molecule has 0 unspecified atom stereocenters. The molecular weight excluding hydrogens is 408 g/mol. The molecule has 0 aliphatic heterocycles. The molecule has 0 saturated carbocycles. The molecule has 0 radical (unpaired) electrons. The number of ether oxygens (including phenoxy) is 3. The van der Waals surface area contributed by atoms with Crippen molar-refractivity contribution in [2.45, 2.75) is 27.2 Å². The molecule has 0 fully saturated rings. The first kappa shape index (κ1) is 23.2. The SMILES string of the molecule is CCOC(=O)c1c(NC(=O)NCCc2ccc(OC)c(OC)c2)sc(C(C)=O)c1C. The third-order valence-electron chi connectivity index (χ3n) is 4.32. The summed E-state index contributed by atoms with van der Waals surface area (Å²) in [6.07, 6.45) is 0.570. The van der Waals surface area contributed by atoms with Crippen molar-refractivity contribution in [3.63, 3.8) is 0 Å². The normalized spacial score (nSPS) is 10.3. The van der Waals surface area contributed by atoms with E-state index in [9.17, 15) is 14.4 Å². The number of amides is 2. The van der Waals surface area contributed by atoms with Crippen LogP contribution in [0.2, 0.25) is 0 Å². The van der Waals surface area contributed by atoms with Gasteiger partial charge in [0, 0.05) is 6.54 Å². The lowest BCUT2D eigenvalue weighted by molar-refractivity contribution is 0.0527. The van der Waals surface area contributed by atoms with Gasteiger partial charge < -0.3 is 19.5 Å². The number of benzene rings is 1. The minimum Gasteiger partial charge on any atom is -0.493 e. The summed E-state index contributed by atoms with van der Waals surface area (Å²) in [7, 11) is 3.13. The fourth-order valence-electron chi connectivity index (χ4n) is 2.89. The highest BCUT2D eigenvalue weighted by Gasteiger charge is 2.25. The zero-order valence-electron chi connectivity index (χ0n) is 17.7. The number of rotatable bonds is 9. The lowest BCUT2D eigenvalue weighted by atomic mass is 10.1. The van der Waals surface area contributed by atoms with Gasteiger partial charge in [0.25, 0.3) is 0 Å². The Labute approximate surface area is 179 Å². The number of Topliss-reactive ketones (excluding diaryl/α,β-unsaturated/α-hetero) is 1. The van der Waals surface area contributed by atoms with E-state index in [1.165, 1.54) is 6.92 Å². The standard InChI is InChI=1S/C21H26N2O6S/c1-6-29-20(25)17-12(2)18(13(3)24)30-19(17)23-21(26)22-10-9-14-7-8-15(27-4)16(11-14)28-5/h7-8,11H,6,9-10H2,1-5H3,(H2,22,23,26). The van der Waals surface area contributed by atoms with Gasteiger partial charge in [0.2, 0.25) is 0 Å². The number of carbonyl (C=O) groups is 3. The summed E-state index contributed by atoms with van der Waals surface area (Å²) in [5.74, 6) is 0.501. The van der Waals surface area contributed by atoms with Crippen LogP contribution in [0.3, 0.4) is 0 Å².